The fraction of sp³-hybridized carbons (Fsp3) is 1.00. The molecule has 8 bridgehead atoms. The quantitative estimate of drug-likeness (QED) is 0.490. The van der Waals surface area contributed by atoms with Gasteiger partial charge in [-0.2, -0.15) is 0 Å². The highest BCUT2D eigenvalue weighted by Gasteiger charge is 2.55. The minimum absolute atomic E-state index is 0.173. The van der Waals surface area contributed by atoms with Crippen molar-refractivity contribution < 1.29 is 4.74 Å². The maximum atomic E-state index is 6.96. The first-order valence-corrected chi connectivity index (χ1v) is 13.8. The number of fused-ring (bicyclic) bond motifs is 8. The SMILES string of the molecule is CC1(C)[C@@H]2CC[C@@H](N2)C(C)(C)[C@@H]2CC[C@@H](O2)C(C)(C)[C@@H]2CC[C@@H](N2)C(C)(C)[C@@H]2CC[C@H]1N2. The van der Waals surface area contributed by atoms with Crippen LogP contribution in [0.1, 0.15) is 107 Å². The molecule has 0 radical (unpaired) electrons. The zero-order chi connectivity index (χ0) is 23.1. The second-order valence-electron chi connectivity index (χ2n) is 14.5. The molecule has 4 nitrogen and oxygen atoms in total. The molecule has 5 aliphatic heterocycles. The van der Waals surface area contributed by atoms with E-state index in [0.29, 0.717) is 48.5 Å². The maximum absolute atomic E-state index is 6.96. The van der Waals surface area contributed by atoms with Crippen LogP contribution in [0.2, 0.25) is 0 Å². The molecule has 0 spiro atoms. The lowest BCUT2D eigenvalue weighted by Crippen LogP contribution is -2.58. The third-order valence-corrected chi connectivity index (χ3v) is 11.5. The third-order valence-electron chi connectivity index (χ3n) is 11.5. The Kier molecular flexibility index (Phi) is 5.65. The molecule has 5 aliphatic rings. The second-order valence-corrected chi connectivity index (χ2v) is 14.5. The first-order chi connectivity index (χ1) is 14.8. The van der Waals surface area contributed by atoms with Crippen LogP contribution in [0.15, 0.2) is 0 Å². The molecule has 0 aromatic carbocycles. The molecule has 0 aromatic heterocycles. The van der Waals surface area contributed by atoms with Crippen molar-refractivity contribution in [1.29, 1.82) is 0 Å². The molecule has 0 aliphatic carbocycles. The molecule has 8 atom stereocenters. The Bertz CT molecular complexity index is 545. The molecule has 5 heterocycles. The summed E-state index contributed by atoms with van der Waals surface area (Å²) in [7, 11) is 0. The summed E-state index contributed by atoms with van der Waals surface area (Å²) in [6, 6.07) is 3.46. The summed E-state index contributed by atoms with van der Waals surface area (Å²) in [5, 5.41) is 12.5. The smallest absolute Gasteiger partial charge is 0.0645 e. The normalized spacial score (nSPS) is 48.8. The topological polar surface area (TPSA) is 45.3 Å². The average Bonchev–Trinajstić information content (AvgIpc) is 3.53. The standard InChI is InChI=1S/C28H51N3O/c1-25(2)17-9-10-18(29-17)26(3,4)20-12-14-22(31-20)28(7,8)24-16-15-23(32-24)27(5,6)21-13-11-19(25)30-21/h17-24,29-31H,9-16H2,1-8H3/t17-,18+,19+,20-,21-,22+,23+,24-. The fourth-order valence-electron chi connectivity index (χ4n) is 8.42. The van der Waals surface area contributed by atoms with Crippen LogP contribution in [-0.2, 0) is 4.74 Å². The molecule has 0 amide bonds. The van der Waals surface area contributed by atoms with Gasteiger partial charge in [-0.25, -0.2) is 0 Å². The van der Waals surface area contributed by atoms with E-state index in [1.807, 2.05) is 0 Å². The van der Waals surface area contributed by atoms with Crippen LogP contribution in [0.25, 0.3) is 0 Å². The number of hydrogen-bond acceptors (Lipinski definition) is 4. The fourth-order valence-corrected chi connectivity index (χ4v) is 8.42. The molecule has 184 valence electrons. The van der Waals surface area contributed by atoms with Crippen LogP contribution >= 0.6 is 0 Å². The monoisotopic (exact) mass is 445 g/mol. The van der Waals surface area contributed by atoms with E-state index in [0.717, 1.165) is 0 Å². The van der Waals surface area contributed by atoms with Gasteiger partial charge in [0.05, 0.1) is 12.2 Å². The molecule has 3 N–H and O–H groups in total. The van der Waals surface area contributed by atoms with E-state index >= 15 is 0 Å². The van der Waals surface area contributed by atoms with Crippen LogP contribution in [0.3, 0.4) is 0 Å². The Hall–Kier alpha value is -0.160. The lowest BCUT2D eigenvalue weighted by Gasteiger charge is -2.45. The van der Waals surface area contributed by atoms with Gasteiger partial charge in [0, 0.05) is 47.1 Å². The molecule has 0 aromatic rings. The molecule has 5 rings (SSSR count). The molecular weight excluding hydrogens is 394 g/mol. The van der Waals surface area contributed by atoms with Gasteiger partial charge in [-0.1, -0.05) is 55.4 Å². The van der Waals surface area contributed by atoms with Crippen molar-refractivity contribution in [3.05, 3.63) is 0 Å². The van der Waals surface area contributed by atoms with Gasteiger partial charge < -0.3 is 20.7 Å². The molecule has 0 saturated carbocycles. The van der Waals surface area contributed by atoms with Gasteiger partial charge >= 0.3 is 0 Å². The Labute approximate surface area is 197 Å². The van der Waals surface area contributed by atoms with E-state index in [1.54, 1.807) is 0 Å². The Morgan fingerprint density at radius 2 is 0.656 bits per heavy atom. The van der Waals surface area contributed by atoms with Crippen LogP contribution in [0.5, 0.6) is 0 Å². The summed E-state index contributed by atoms with van der Waals surface area (Å²) >= 11 is 0. The molecule has 5 saturated heterocycles. The van der Waals surface area contributed by atoms with Gasteiger partial charge in [-0.3, -0.25) is 0 Å². The summed E-state index contributed by atoms with van der Waals surface area (Å²) in [5.74, 6) is 0. The first kappa shape index (κ1) is 23.6. The van der Waals surface area contributed by atoms with E-state index < -0.39 is 0 Å². The highest BCUT2D eigenvalue weighted by atomic mass is 16.5. The largest absolute Gasteiger partial charge is 0.374 e. The van der Waals surface area contributed by atoms with Crippen molar-refractivity contribution in [2.24, 2.45) is 21.7 Å². The minimum atomic E-state index is 0.173. The van der Waals surface area contributed by atoms with E-state index in [-0.39, 0.29) is 21.7 Å². The highest BCUT2D eigenvalue weighted by molar-refractivity contribution is 5.11. The Morgan fingerprint density at radius 3 is 0.938 bits per heavy atom. The summed E-state index contributed by atoms with van der Waals surface area (Å²) in [6.07, 6.45) is 10.9. The van der Waals surface area contributed by atoms with Gasteiger partial charge in [-0.05, 0) is 62.2 Å². The average molecular weight is 446 g/mol. The second kappa shape index (κ2) is 7.67. The van der Waals surface area contributed by atoms with Crippen LogP contribution < -0.4 is 16.0 Å². The number of nitrogens with one attached hydrogen (secondary N) is 3. The van der Waals surface area contributed by atoms with Crippen molar-refractivity contribution in [3.8, 4) is 0 Å². The Morgan fingerprint density at radius 1 is 0.406 bits per heavy atom. The van der Waals surface area contributed by atoms with E-state index in [4.69, 9.17) is 4.74 Å². The van der Waals surface area contributed by atoms with Crippen LogP contribution in [-0.4, -0.2) is 48.5 Å². The lowest BCUT2D eigenvalue weighted by atomic mass is 9.76. The van der Waals surface area contributed by atoms with Crippen molar-refractivity contribution in [1.82, 2.24) is 16.0 Å². The van der Waals surface area contributed by atoms with Gasteiger partial charge in [0.15, 0.2) is 0 Å². The minimum Gasteiger partial charge on any atom is -0.374 e. The van der Waals surface area contributed by atoms with Gasteiger partial charge in [0.25, 0.3) is 0 Å². The number of rotatable bonds is 0. The van der Waals surface area contributed by atoms with E-state index in [9.17, 15) is 0 Å². The zero-order valence-electron chi connectivity index (χ0n) is 22.2. The number of hydrogen-bond donors (Lipinski definition) is 3. The van der Waals surface area contributed by atoms with Crippen LogP contribution in [0.4, 0.5) is 0 Å². The predicted octanol–water partition coefficient (Wildman–Crippen LogP) is 5.01. The summed E-state index contributed by atoms with van der Waals surface area (Å²) in [6.45, 7) is 20.0. The van der Waals surface area contributed by atoms with Gasteiger partial charge in [0.1, 0.15) is 0 Å². The molecule has 5 fully saturated rings. The lowest BCUT2D eigenvalue weighted by molar-refractivity contribution is -0.0845. The Balaban J connectivity index is 1.48. The molecule has 4 heteroatoms. The van der Waals surface area contributed by atoms with Crippen molar-refractivity contribution in [2.75, 3.05) is 0 Å². The van der Waals surface area contributed by atoms with Gasteiger partial charge in [0.2, 0.25) is 0 Å². The summed E-state index contributed by atoms with van der Waals surface area (Å²) < 4.78 is 6.96. The van der Waals surface area contributed by atoms with Crippen molar-refractivity contribution in [2.45, 2.75) is 155 Å². The van der Waals surface area contributed by atoms with Crippen LogP contribution in [0, 0.1) is 21.7 Å². The van der Waals surface area contributed by atoms with Crippen molar-refractivity contribution >= 4 is 0 Å². The predicted molar refractivity (Wildman–Crippen MR) is 133 cm³/mol. The number of ether oxygens (including phenoxy) is 1. The first-order valence-electron chi connectivity index (χ1n) is 13.8. The summed E-state index contributed by atoms with van der Waals surface area (Å²) in [5.41, 5.74) is 0.872. The molecule has 0 unspecified atom stereocenters. The van der Waals surface area contributed by atoms with E-state index in [2.05, 4.69) is 71.3 Å². The van der Waals surface area contributed by atoms with E-state index in [1.165, 1.54) is 51.4 Å². The van der Waals surface area contributed by atoms with Crippen molar-refractivity contribution in [3.63, 3.8) is 0 Å². The molecule has 32 heavy (non-hydrogen) atoms. The summed E-state index contributed by atoms with van der Waals surface area (Å²) in [4.78, 5) is 0. The van der Waals surface area contributed by atoms with Gasteiger partial charge in [-0.15, -0.1) is 0 Å². The molecular formula is C28H51N3O. The zero-order valence-corrected chi connectivity index (χ0v) is 22.2. The maximum Gasteiger partial charge on any atom is 0.0645 e. The highest BCUT2D eigenvalue weighted by Crippen LogP contribution is 2.50. The third kappa shape index (κ3) is 3.53.